The van der Waals surface area contributed by atoms with Crippen molar-refractivity contribution < 1.29 is 18.0 Å². The minimum atomic E-state index is -4.41. The van der Waals surface area contributed by atoms with Crippen LogP contribution in [0.3, 0.4) is 0 Å². The Labute approximate surface area is 204 Å². The van der Waals surface area contributed by atoms with Gasteiger partial charge in [0.2, 0.25) is 0 Å². The second-order valence-corrected chi connectivity index (χ2v) is 9.33. The molecule has 0 aliphatic heterocycles. The molecule has 3 heterocycles. The van der Waals surface area contributed by atoms with E-state index in [0.717, 1.165) is 46.8 Å². The van der Waals surface area contributed by atoms with Crippen molar-refractivity contribution in [1.29, 1.82) is 0 Å². The van der Waals surface area contributed by atoms with Crippen molar-refractivity contribution in [2.24, 2.45) is 7.05 Å². The molecule has 2 aromatic carbocycles. The highest BCUT2D eigenvalue weighted by atomic mass is 19.4. The Hall–Kier alpha value is -4.08. The van der Waals surface area contributed by atoms with Crippen LogP contribution in [0.2, 0.25) is 0 Å². The zero-order valence-corrected chi connectivity index (χ0v) is 19.6. The molecule has 0 bridgehead atoms. The third-order valence-electron chi connectivity index (χ3n) is 6.65. The van der Waals surface area contributed by atoms with E-state index in [1.807, 2.05) is 24.0 Å². The van der Waals surface area contributed by atoms with Crippen molar-refractivity contribution >= 4 is 27.8 Å². The van der Waals surface area contributed by atoms with Crippen LogP contribution in [0.5, 0.6) is 0 Å². The summed E-state index contributed by atoms with van der Waals surface area (Å²) in [5.74, 6) is -0.220. The van der Waals surface area contributed by atoms with Crippen LogP contribution in [0.25, 0.3) is 27.6 Å². The molecule has 10 heteroatoms. The number of carbonyl (C=O) groups is 1. The largest absolute Gasteiger partial charge is 0.416 e. The van der Waals surface area contributed by atoms with Crippen molar-refractivity contribution in [2.45, 2.75) is 38.0 Å². The maximum Gasteiger partial charge on any atom is 0.416 e. The molecule has 0 radical (unpaired) electrons. The van der Waals surface area contributed by atoms with Crippen molar-refractivity contribution in [2.75, 3.05) is 0 Å². The average Bonchev–Trinajstić information content (AvgIpc) is 3.32. The summed E-state index contributed by atoms with van der Waals surface area (Å²) in [6.45, 7) is 1.92. The molecule has 7 nitrogen and oxygen atoms in total. The molecule has 0 saturated heterocycles. The average molecular weight is 493 g/mol. The molecular formula is C26H23F3N6O. The molecular weight excluding hydrogens is 469 g/mol. The van der Waals surface area contributed by atoms with Gasteiger partial charge in [0, 0.05) is 47.0 Å². The molecule has 184 valence electrons. The number of halogens is 3. The van der Waals surface area contributed by atoms with Gasteiger partial charge < -0.3 is 5.32 Å². The molecule has 1 unspecified atom stereocenters. The Bertz CT molecular complexity index is 1600. The maximum atomic E-state index is 13.1. The highest BCUT2D eigenvalue weighted by Gasteiger charge is 2.30. The summed E-state index contributed by atoms with van der Waals surface area (Å²) in [7, 11) is 1.78. The first-order valence-electron chi connectivity index (χ1n) is 11.7. The summed E-state index contributed by atoms with van der Waals surface area (Å²) in [6, 6.07) is 10.6. The second-order valence-electron chi connectivity index (χ2n) is 9.33. The highest BCUT2D eigenvalue weighted by molar-refractivity contribution is 6.10. The molecule has 1 N–H and O–H groups in total. The number of hydrogen-bond acceptors (Lipinski definition) is 3. The Morgan fingerprint density at radius 3 is 2.53 bits per heavy atom. The van der Waals surface area contributed by atoms with Gasteiger partial charge in [-0.3, -0.25) is 18.7 Å². The number of hydrogen-bond donors (Lipinski definition) is 1. The van der Waals surface area contributed by atoms with Crippen LogP contribution < -0.4 is 5.32 Å². The van der Waals surface area contributed by atoms with Gasteiger partial charge in [0.1, 0.15) is 0 Å². The molecule has 5 aromatic rings. The summed E-state index contributed by atoms with van der Waals surface area (Å²) in [5.41, 5.74) is 2.63. The maximum absolute atomic E-state index is 13.1. The number of aromatic nitrogens is 5. The third-order valence-corrected chi connectivity index (χ3v) is 6.65. The summed E-state index contributed by atoms with van der Waals surface area (Å²) < 4.78 is 44.6. The first-order valence-corrected chi connectivity index (χ1v) is 11.7. The van der Waals surface area contributed by atoms with Crippen molar-refractivity contribution in [3.05, 3.63) is 77.7 Å². The molecule has 1 aliphatic rings. The van der Waals surface area contributed by atoms with Crippen LogP contribution in [0.15, 0.2) is 61.1 Å². The van der Waals surface area contributed by atoms with Crippen LogP contribution in [0, 0.1) is 0 Å². The van der Waals surface area contributed by atoms with Gasteiger partial charge in [-0.1, -0.05) is 0 Å². The van der Waals surface area contributed by atoms with Crippen LogP contribution in [0.4, 0.5) is 13.2 Å². The molecule has 1 atom stereocenters. The number of aryl methyl sites for hydroxylation is 1. The molecule has 0 spiro atoms. The normalized spacial score (nSPS) is 15.0. The Balaban J connectivity index is 1.35. The number of nitrogens with one attached hydrogen (secondary N) is 1. The van der Waals surface area contributed by atoms with Gasteiger partial charge >= 0.3 is 6.18 Å². The Morgan fingerprint density at radius 2 is 1.83 bits per heavy atom. The lowest BCUT2D eigenvalue weighted by atomic mass is 10.1. The van der Waals surface area contributed by atoms with Gasteiger partial charge in [0.15, 0.2) is 5.65 Å². The van der Waals surface area contributed by atoms with Crippen molar-refractivity contribution in [3.63, 3.8) is 0 Å². The lowest BCUT2D eigenvalue weighted by Crippen LogP contribution is -2.26. The Kier molecular flexibility index (Phi) is 4.96. The summed E-state index contributed by atoms with van der Waals surface area (Å²) in [5, 5.41) is 13.6. The zero-order chi connectivity index (χ0) is 25.2. The number of alkyl halides is 3. The van der Waals surface area contributed by atoms with Crippen LogP contribution in [-0.4, -0.2) is 30.0 Å². The van der Waals surface area contributed by atoms with E-state index in [-0.39, 0.29) is 11.9 Å². The van der Waals surface area contributed by atoms with Gasteiger partial charge in [-0.25, -0.2) is 0 Å². The standard InChI is InChI=1S/C26H23F3N6O/c1-15(17-12-30-34(13-17)19-8-9-19)31-25(36)16-3-10-23-21(11-16)22-14-33(2)32-24(22)35(23)20-6-4-18(5-7-20)26(27,28)29/h3-7,10-15,19H,8-9H2,1-2H3,(H,31,36). The summed E-state index contributed by atoms with van der Waals surface area (Å²) in [6.07, 6.45) is 3.47. The summed E-state index contributed by atoms with van der Waals surface area (Å²) in [4.78, 5) is 13.1. The monoisotopic (exact) mass is 492 g/mol. The zero-order valence-electron chi connectivity index (χ0n) is 19.6. The van der Waals surface area contributed by atoms with E-state index in [4.69, 9.17) is 0 Å². The van der Waals surface area contributed by atoms with E-state index < -0.39 is 11.7 Å². The Morgan fingerprint density at radius 1 is 1.08 bits per heavy atom. The van der Waals surface area contributed by atoms with Gasteiger partial charge in [0.25, 0.3) is 5.91 Å². The smallest absolute Gasteiger partial charge is 0.345 e. The quantitative estimate of drug-likeness (QED) is 0.349. The van der Waals surface area contributed by atoms with Gasteiger partial charge in [0.05, 0.1) is 29.4 Å². The third kappa shape index (κ3) is 3.82. The number of amides is 1. The first-order chi connectivity index (χ1) is 17.2. The molecule has 1 aliphatic carbocycles. The number of carbonyl (C=O) groups excluding carboxylic acids is 1. The van der Waals surface area contributed by atoms with Crippen molar-refractivity contribution in [1.82, 2.24) is 29.4 Å². The van der Waals surface area contributed by atoms with E-state index in [1.165, 1.54) is 12.1 Å². The molecule has 3 aromatic heterocycles. The van der Waals surface area contributed by atoms with Crippen LogP contribution in [0.1, 0.15) is 53.3 Å². The molecule has 1 amide bonds. The van der Waals surface area contributed by atoms with Gasteiger partial charge in [-0.05, 0) is 62.2 Å². The SMILES string of the molecule is CC(NC(=O)c1ccc2c(c1)c1cn(C)nc1n2-c1ccc(C(F)(F)F)cc1)c1cnn(C2CC2)c1. The fraction of sp³-hybridized carbons (Fsp3) is 0.269. The minimum absolute atomic E-state index is 0.212. The molecule has 6 rings (SSSR count). The van der Waals surface area contributed by atoms with Gasteiger partial charge in [-0.15, -0.1) is 0 Å². The predicted octanol–water partition coefficient (Wildman–Crippen LogP) is 5.56. The number of fused-ring (bicyclic) bond motifs is 3. The lowest BCUT2D eigenvalue weighted by molar-refractivity contribution is -0.137. The highest BCUT2D eigenvalue weighted by Crippen LogP contribution is 2.35. The molecule has 36 heavy (non-hydrogen) atoms. The van der Waals surface area contributed by atoms with E-state index in [0.29, 0.717) is 22.9 Å². The molecule has 1 saturated carbocycles. The number of nitrogens with zero attached hydrogens (tertiary/aromatic N) is 5. The summed E-state index contributed by atoms with van der Waals surface area (Å²) >= 11 is 0. The lowest BCUT2D eigenvalue weighted by Gasteiger charge is -2.13. The minimum Gasteiger partial charge on any atom is -0.345 e. The fourth-order valence-corrected chi connectivity index (χ4v) is 4.57. The van der Waals surface area contributed by atoms with Crippen molar-refractivity contribution in [3.8, 4) is 5.69 Å². The topological polar surface area (TPSA) is 69.7 Å². The fourth-order valence-electron chi connectivity index (χ4n) is 4.57. The van der Waals surface area contributed by atoms with Crippen LogP contribution >= 0.6 is 0 Å². The van der Waals surface area contributed by atoms with E-state index >= 15 is 0 Å². The number of rotatable bonds is 5. The van der Waals surface area contributed by atoms with Crippen LogP contribution in [-0.2, 0) is 13.2 Å². The van der Waals surface area contributed by atoms with Gasteiger partial charge in [-0.2, -0.15) is 23.4 Å². The first kappa shape index (κ1) is 22.4. The second kappa shape index (κ2) is 7.97. The van der Waals surface area contributed by atoms with E-state index in [1.54, 1.807) is 40.7 Å². The van der Waals surface area contributed by atoms with E-state index in [2.05, 4.69) is 15.5 Å². The van der Waals surface area contributed by atoms with E-state index in [9.17, 15) is 18.0 Å². The number of benzene rings is 2. The predicted molar refractivity (Wildman–Crippen MR) is 129 cm³/mol. The molecule has 1 fully saturated rings.